The summed E-state index contributed by atoms with van der Waals surface area (Å²) in [6, 6.07) is 10.2. The summed E-state index contributed by atoms with van der Waals surface area (Å²) < 4.78 is 5.41. The molecule has 1 aromatic heterocycles. The summed E-state index contributed by atoms with van der Waals surface area (Å²) in [6.07, 6.45) is 1.56. The summed E-state index contributed by atoms with van der Waals surface area (Å²) in [4.78, 5) is 15.4. The quantitative estimate of drug-likeness (QED) is 0.803. The molecule has 27 heavy (non-hydrogen) atoms. The van der Waals surface area contributed by atoms with Crippen molar-refractivity contribution < 1.29 is 4.74 Å². The van der Waals surface area contributed by atoms with Gasteiger partial charge in [0.05, 0.1) is 13.2 Å². The normalized spacial score (nSPS) is 17.7. The van der Waals surface area contributed by atoms with Crippen molar-refractivity contribution in [2.75, 3.05) is 67.2 Å². The Labute approximate surface area is 163 Å². The van der Waals surface area contributed by atoms with E-state index in [0.717, 1.165) is 55.8 Å². The fourth-order valence-corrected chi connectivity index (χ4v) is 3.76. The van der Waals surface area contributed by atoms with Crippen LogP contribution >= 0.6 is 11.6 Å². The van der Waals surface area contributed by atoms with E-state index in [2.05, 4.69) is 36.8 Å². The van der Waals surface area contributed by atoms with Crippen molar-refractivity contribution in [3.63, 3.8) is 0 Å². The number of ether oxygens (including phenoxy) is 1. The summed E-state index contributed by atoms with van der Waals surface area (Å²) >= 11 is 6.12. The Balaban J connectivity index is 1.52. The summed E-state index contributed by atoms with van der Waals surface area (Å²) in [7, 11) is 0. The topological polar surface area (TPSA) is 68.5 Å². The maximum absolute atomic E-state index is 9.78. The van der Waals surface area contributed by atoms with E-state index in [4.69, 9.17) is 16.3 Å². The van der Waals surface area contributed by atoms with Crippen molar-refractivity contribution >= 4 is 28.9 Å². The highest BCUT2D eigenvalue weighted by molar-refractivity contribution is 6.30. The first-order valence-corrected chi connectivity index (χ1v) is 9.47. The molecule has 2 fully saturated rings. The lowest BCUT2D eigenvalue weighted by Gasteiger charge is -2.37. The maximum Gasteiger partial charge on any atom is 0.152 e. The maximum atomic E-state index is 9.78. The molecule has 0 aliphatic carbocycles. The number of rotatable bonds is 3. The third-order valence-corrected chi connectivity index (χ3v) is 5.22. The lowest BCUT2D eigenvalue weighted by Crippen LogP contribution is -2.47. The predicted molar refractivity (Wildman–Crippen MR) is 106 cm³/mol. The molecule has 0 N–H and O–H groups in total. The van der Waals surface area contributed by atoms with Crippen LogP contribution in [0.4, 0.5) is 17.3 Å². The van der Waals surface area contributed by atoms with Gasteiger partial charge < -0.3 is 19.4 Å². The van der Waals surface area contributed by atoms with Crippen LogP contribution in [0.2, 0.25) is 5.02 Å². The first kappa shape index (κ1) is 17.8. The van der Waals surface area contributed by atoms with Crippen molar-refractivity contribution in [2.24, 2.45) is 0 Å². The van der Waals surface area contributed by atoms with Crippen molar-refractivity contribution in [3.05, 3.63) is 41.2 Å². The Hall–Kier alpha value is -2.56. The standard InChI is InChI=1S/C19H21ClN6O/c20-15-2-1-3-16(12-15)24-4-6-25(7-5-24)18-17(13-21)19(23-14-22-18)26-8-10-27-11-9-26/h1-3,12,14H,4-11H2. The van der Waals surface area contributed by atoms with E-state index in [0.29, 0.717) is 24.6 Å². The molecule has 140 valence electrons. The number of piperazine rings is 1. The van der Waals surface area contributed by atoms with Gasteiger partial charge in [0.2, 0.25) is 0 Å². The second kappa shape index (κ2) is 7.99. The molecule has 0 unspecified atom stereocenters. The SMILES string of the molecule is N#Cc1c(N2CCOCC2)ncnc1N1CCN(c2cccc(Cl)c2)CC1. The number of hydrogen-bond acceptors (Lipinski definition) is 7. The minimum absolute atomic E-state index is 0.551. The van der Waals surface area contributed by atoms with Gasteiger partial charge in [0.25, 0.3) is 0 Å². The molecule has 4 rings (SSSR count). The van der Waals surface area contributed by atoms with Gasteiger partial charge in [-0.2, -0.15) is 5.26 Å². The molecule has 1 aromatic carbocycles. The summed E-state index contributed by atoms with van der Waals surface area (Å²) in [6.45, 7) is 6.08. The van der Waals surface area contributed by atoms with Crippen LogP contribution in [0, 0.1) is 11.3 Å². The Morgan fingerprint density at radius 1 is 0.926 bits per heavy atom. The first-order valence-electron chi connectivity index (χ1n) is 9.09. The van der Waals surface area contributed by atoms with Gasteiger partial charge >= 0.3 is 0 Å². The number of anilines is 3. The predicted octanol–water partition coefficient (Wildman–Crippen LogP) is 2.16. The molecule has 2 aliphatic rings. The number of nitriles is 1. The first-order chi connectivity index (χ1) is 13.3. The minimum atomic E-state index is 0.551. The largest absolute Gasteiger partial charge is 0.378 e. The molecule has 0 atom stereocenters. The van der Waals surface area contributed by atoms with Crippen LogP contribution in [-0.2, 0) is 4.74 Å². The molecule has 0 spiro atoms. The number of aromatic nitrogens is 2. The van der Waals surface area contributed by atoms with Gasteiger partial charge in [-0.15, -0.1) is 0 Å². The van der Waals surface area contributed by atoms with Gasteiger partial charge in [-0.3, -0.25) is 0 Å². The van der Waals surface area contributed by atoms with Crippen molar-refractivity contribution in [2.45, 2.75) is 0 Å². The van der Waals surface area contributed by atoms with E-state index in [1.807, 2.05) is 18.2 Å². The molecular weight excluding hydrogens is 364 g/mol. The second-order valence-electron chi connectivity index (χ2n) is 6.56. The third-order valence-electron chi connectivity index (χ3n) is 4.98. The fourth-order valence-electron chi connectivity index (χ4n) is 3.57. The smallest absolute Gasteiger partial charge is 0.152 e. The summed E-state index contributed by atoms with van der Waals surface area (Å²) in [5, 5.41) is 10.5. The average molecular weight is 385 g/mol. The monoisotopic (exact) mass is 384 g/mol. The highest BCUT2D eigenvalue weighted by Crippen LogP contribution is 2.28. The molecular formula is C19H21ClN6O. The van der Waals surface area contributed by atoms with E-state index in [-0.39, 0.29) is 0 Å². The van der Waals surface area contributed by atoms with Crippen LogP contribution in [0.25, 0.3) is 0 Å². The van der Waals surface area contributed by atoms with E-state index in [1.54, 1.807) is 6.33 Å². The summed E-state index contributed by atoms with van der Waals surface area (Å²) in [5.41, 5.74) is 1.68. The molecule has 7 nitrogen and oxygen atoms in total. The zero-order valence-electron chi connectivity index (χ0n) is 15.0. The Bertz CT molecular complexity index is 840. The number of benzene rings is 1. The van der Waals surface area contributed by atoms with E-state index in [9.17, 15) is 5.26 Å². The number of morpholine rings is 1. The molecule has 0 radical (unpaired) electrons. The zero-order valence-corrected chi connectivity index (χ0v) is 15.8. The van der Waals surface area contributed by atoms with Crippen LogP contribution in [0.3, 0.4) is 0 Å². The second-order valence-corrected chi connectivity index (χ2v) is 7.00. The van der Waals surface area contributed by atoms with E-state index in [1.165, 1.54) is 0 Å². The van der Waals surface area contributed by atoms with Gasteiger partial charge in [0.15, 0.2) is 11.6 Å². The van der Waals surface area contributed by atoms with Crippen LogP contribution in [0.5, 0.6) is 0 Å². The summed E-state index contributed by atoms with van der Waals surface area (Å²) in [5.74, 6) is 1.43. The molecule has 2 saturated heterocycles. The van der Waals surface area contributed by atoms with Gasteiger partial charge in [0.1, 0.15) is 18.0 Å². The highest BCUT2D eigenvalue weighted by Gasteiger charge is 2.25. The number of halogens is 1. The van der Waals surface area contributed by atoms with Gasteiger partial charge in [-0.1, -0.05) is 17.7 Å². The van der Waals surface area contributed by atoms with Gasteiger partial charge in [-0.25, -0.2) is 9.97 Å². The van der Waals surface area contributed by atoms with Gasteiger partial charge in [-0.05, 0) is 18.2 Å². The third kappa shape index (κ3) is 3.77. The van der Waals surface area contributed by atoms with E-state index >= 15 is 0 Å². The minimum Gasteiger partial charge on any atom is -0.378 e. The molecule has 2 aliphatic heterocycles. The van der Waals surface area contributed by atoms with Crippen molar-refractivity contribution in [1.29, 1.82) is 5.26 Å². The zero-order chi connectivity index (χ0) is 18.6. The van der Waals surface area contributed by atoms with Gasteiger partial charge in [0, 0.05) is 50.0 Å². The Morgan fingerprint density at radius 3 is 2.19 bits per heavy atom. The lowest BCUT2D eigenvalue weighted by atomic mass is 10.2. The highest BCUT2D eigenvalue weighted by atomic mass is 35.5. The van der Waals surface area contributed by atoms with Crippen molar-refractivity contribution in [1.82, 2.24) is 9.97 Å². The molecule has 0 saturated carbocycles. The average Bonchev–Trinajstić information content (AvgIpc) is 2.74. The lowest BCUT2D eigenvalue weighted by molar-refractivity contribution is 0.122. The fraction of sp³-hybridized carbons (Fsp3) is 0.421. The van der Waals surface area contributed by atoms with E-state index < -0.39 is 0 Å². The van der Waals surface area contributed by atoms with Crippen LogP contribution in [0.1, 0.15) is 5.56 Å². The molecule has 8 heteroatoms. The molecule has 0 bridgehead atoms. The van der Waals surface area contributed by atoms with Crippen molar-refractivity contribution in [3.8, 4) is 6.07 Å². The van der Waals surface area contributed by atoms with Crippen LogP contribution < -0.4 is 14.7 Å². The number of nitrogens with zero attached hydrogens (tertiary/aromatic N) is 6. The molecule has 2 aromatic rings. The Morgan fingerprint density at radius 2 is 1.56 bits per heavy atom. The molecule has 3 heterocycles. The number of hydrogen-bond donors (Lipinski definition) is 0. The van der Waals surface area contributed by atoms with Crippen LogP contribution in [0.15, 0.2) is 30.6 Å². The van der Waals surface area contributed by atoms with Crippen LogP contribution in [-0.4, -0.2) is 62.5 Å². The Kier molecular flexibility index (Phi) is 5.28. The molecule has 0 amide bonds.